The van der Waals surface area contributed by atoms with Gasteiger partial charge in [-0.05, 0) is 26.8 Å². The molecule has 1 saturated heterocycles. The molecule has 1 aromatic heterocycles. The predicted octanol–water partition coefficient (Wildman–Crippen LogP) is 1.10. The fourth-order valence-corrected chi connectivity index (χ4v) is 2.31. The van der Waals surface area contributed by atoms with Gasteiger partial charge in [0.1, 0.15) is 5.56 Å². The summed E-state index contributed by atoms with van der Waals surface area (Å²) in [6.45, 7) is 9.92. The summed E-state index contributed by atoms with van der Waals surface area (Å²) in [6.07, 6.45) is 1.42. The quantitative estimate of drug-likeness (QED) is 0.862. The molecule has 0 amide bonds. The molecule has 0 atom stereocenters. The average molecular weight is 264 g/mol. The number of carboxylic acid groups (broad SMARTS) is 1. The van der Waals surface area contributed by atoms with Gasteiger partial charge in [-0.25, -0.2) is 4.79 Å². The fraction of sp³-hybridized carbons (Fsp3) is 0.615. The summed E-state index contributed by atoms with van der Waals surface area (Å²) in [5, 5.41) is 17.0. The molecular formula is C13H20N4O2. The van der Waals surface area contributed by atoms with Crippen LogP contribution in [0, 0.1) is 0 Å². The third-order valence-corrected chi connectivity index (χ3v) is 3.46. The monoisotopic (exact) mass is 264 g/mol. The minimum atomic E-state index is -0.955. The molecule has 6 nitrogen and oxygen atoms in total. The van der Waals surface area contributed by atoms with E-state index in [1.54, 1.807) is 0 Å². The molecule has 0 aliphatic carbocycles. The number of nitrogens with zero attached hydrogens (tertiary/aromatic N) is 4. The van der Waals surface area contributed by atoms with E-state index in [1.165, 1.54) is 12.3 Å². The van der Waals surface area contributed by atoms with Gasteiger partial charge in [0.15, 0.2) is 5.82 Å². The summed E-state index contributed by atoms with van der Waals surface area (Å²) in [4.78, 5) is 15.6. The number of aromatic nitrogens is 2. The third kappa shape index (κ3) is 3.01. The molecule has 19 heavy (non-hydrogen) atoms. The Labute approximate surface area is 113 Å². The molecule has 2 rings (SSSR count). The molecule has 1 fully saturated rings. The average Bonchev–Trinajstić information content (AvgIpc) is 2.38. The van der Waals surface area contributed by atoms with Crippen LogP contribution in [0.2, 0.25) is 0 Å². The molecule has 0 saturated carbocycles. The Kier molecular flexibility index (Phi) is 3.71. The van der Waals surface area contributed by atoms with Gasteiger partial charge < -0.3 is 10.0 Å². The summed E-state index contributed by atoms with van der Waals surface area (Å²) in [7, 11) is 0. The van der Waals surface area contributed by atoms with E-state index in [-0.39, 0.29) is 11.1 Å². The molecule has 104 valence electrons. The standard InChI is InChI=1S/C13H20N4O2/c1-13(2,3)17-8-6-16(7-9-17)11-10(12(18)19)4-5-14-15-11/h4-5H,6-9H2,1-3H3,(H,18,19). The first kappa shape index (κ1) is 13.7. The Morgan fingerprint density at radius 2 is 1.89 bits per heavy atom. The molecule has 1 aromatic rings. The van der Waals surface area contributed by atoms with Gasteiger partial charge in [-0.1, -0.05) is 0 Å². The van der Waals surface area contributed by atoms with Crippen molar-refractivity contribution in [2.24, 2.45) is 0 Å². The number of rotatable bonds is 2. The summed E-state index contributed by atoms with van der Waals surface area (Å²) < 4.78 is 0. The van der Waals surface area contributed by atoms with Crippen LogP contribution in [0.1, 0.15) is 31.1 Å². The van der Waals surface area contributed by atoms with Gasteiger partial charge in [0.25, 0.3) is 0 Å². The van der Waals surface area contributed by atoms with Crippen LogP contribution >= 0.6 is 0 Å². The first-order valence-electron chi connectivity index (χ1n) is 6.44. The summed E-state index contributed by atoms with van der Waals surface area (Å²) >= 11 is 0. The Morgan fingerprint density at radius 1 is 1.26 bits per heavy atom. The Hall–Kier alpha value is -1.69. The molecule has 0 aromatic carbocycles. The van der Waals surface area contributed by atoms with Gasteiger partial charge in [0.05, 0.1) is 6.20 Å². The lowest BCUT2D eigenvalue weighted by molar-refractivity contribution is 0.0696. The highest BCUT2D eigenvalue weighted by Gasteiger charge is 2.28. The second kappa shape index (κ2) is 5.13. The Bertz CT molecular complexity index is 462. The number of aromatic carboxylic acids is 1. The molecule has 6 heteroatoms. The predicted molar refractivity (Wildman–Crippen MR) is 72.5 cm³/mol. The molecule has 0 radical (unpaired) electrons. The van der Waals surface area contributed by atoms with E-state index in [0.29, 0.717) is 5.82 Å². The Balaban J connectivity index is 2.12. The van der Waals surface area contributed by atoms with Crippen molar-refractivity contribution in [1.29, 1.82) is 0 Å². The van der Waals surface area contributed by atoms with Gasteiger partial charge in [-0.2, -0.15) is 5.10 Å². The maximum absolute atomic E-state index is 11.2. The van der Waals surface area contributed by atoms with Crippen molar-refractivity contribution in [3.05, 3.63) is 17.8 Å². The summed E-state index contributed by atoms with van der Waals surface area (Å²) in [5.74, 6) is -0.480. The highest BCUT2D eigenvalue weighted by Crippen LogP contribution is 2.21. The van der Waals surface area contributed by atoms with Gasteiger partial charge in [0.2, 0.25) is 0 Å². The first-order valence-corrected chi connectivity index (χ1v) is 6.44. The molecule has 1 aliphatic heterocycles. The van der Waals surface area contributed by atoms with Crippen LogP contribution in [-0.2, 0) is 0 Å². The van der Waals surface area contributed by atoms with Crippen LogP contribution in [0.25, 0.3) is 0 Å². The van der Waals surface area contributed by atoms with E-state index in [1.807, 2.05) is 4.90 Å². The molecule has 1 aliphatic rings. The van der Waals surface area contributed by atoms with Crippen molar-refractivity contribution in [3.8, 4) is 0 Å². The van der Waals surface area contributed by atoms with Crippen LogP contribution in [0.3, 0.4) is 0 Å². The van der Waals surface area contributed by atoms with E-state index in [0.717, 1.165) is 26.2 Å². The van der Waals surface area contributed by atoms with Crippen LogP contribution < -0.4 is 4.90 Å². The number of anilines is 1. The molecule has 2 heterocycles. The molecule has 0 spiro atoms. The van der Waals surface area contributed by atoms with E-state index < -0.39 is 5.97 Å². The number of hydrogen-bond donors (Lipinski definition) is 1. The van der Waals surface area contributed by atoms with Crippen LogP contribution in [0.5, 0.6) is 0 Å². The lowest BCUT2D eigenvalue weighted by atomic mass is 10.0. The highest BCUT2D eigenvalue weighted by molar-refractivity contribution is 5.93. The van der Waals surface area contributed by atoms with Crippen molar-refractivity contribution in [3.63, 3.8) is 0 Å². The fourth-order valence-electron chi connectivity index (χ4n) is 2.31. The van der Waals surface area contributed by atoms with E-state index in [9.17, 15) is 9.90 Å². The SMILES string of the molecule is CC(C)(C)N1CCN(c2nnccc2C(=O)O)CC1. The molecule has 0 bridgehead atoms. The van der Waals surface area contributed by atoms with E-state index in [2.05, 4.69) is 35.9 Å². The first-order chi connectivity index (χ1) is 8.89. The zero-order valence-corrected chi connectivity index (χ0v) is 11.6. The second-order valence-corrected chi connectivity index (χ2v) is 5.72. The van der Waals surface area contributed by atoms with E-state index >= 15 is 0 Å². The van der Waals surface area contributed by atoms with Gasteiger partial charge >= 0.3 is 5.97 Å². The largest absolute Gasteiger partial charge is 0.478 e. The Morgan fingerprint density at radius 3 is 2.42 bits per heavy atom. The van der Waals surface area contributed by atoms with Gasteiger partial charge in [-0.15, -0.1) is 5.10 Å². The maximum Gasteiger partial charge on any atom is 0.339 e. The van der Waals surface area contributed by atoms with Crippen LogP contribution in [0.4, 0.5) is 5.82 Å². The zero-order valence-electron chi connectivity index (χ0n) is 11.6. The zero-order chi connectivity index (χ0) is 14.0. The summed E-state index contributed by atoms with van der Waals surface area (Å²) in [6, 6.07) is 1.50. The number of carbonyl (C=O) groups is 1. The third-order valence-electron chi connectivity index (χ3n) is 3.46. The highest BCUT2D eigenvalue weighted by atomic mass is 16.4. The molecular weight excluding hydrogens is 244 g/mol. The van der Waals surface area contributed by atoms with E-state index in [4.69, 9.17) is 0 Å². The van der Waals surface area contributed by atoms with Crippen molar-refractivity contribution in [1.82, 2.24) is 15.1 Å². The van der Waals surface area contributed by atoms with Crippen molar-refractivity contribution < 1.29 is 9.90 Å². The minimum Gasteiger partial charge on any atom is -0.478 e. The lowest BCUT2D eigenvalue weighted by Crippen LogP contribution is -2.53. The van der Waals surface area contributed by atoms with Crippen molar-refractivity contribution in [2.45, 2.75) is 26.3 Å². The topological polar surface area (TPSA) is 69.6 Å². The van der Waals surface area contributed by atoms with Gasteiger partial charge in [0, 0.05) is 31.7 Å². The molecule has 1 N–H and O–H groups in total. The minimum absolute atomic E-state index is 0.143. The smallest absolute Gasteiger partial charge is 0.339 e. The van der Waals surface area contributed by atoms with Crippen LogP contribution in [-0.4, -0.2) is 57.9 Å². The molecule has 0 unspecified atom stereocenters. The van der Waals surface area contributed by atoms with Crippen LogP contribution in [0.15, 0.2) is 12.3 Å². The maximum atomic E-state index is 11.2. The van der Waals surface area contributed by atoms with Crippen molar-refractivity contribution >= 4 is 11.8 Å². The second-order valence-electron chi connectivity index (χ2n) is 5.72. The lowest BCUT2D eigenvalue weighted by Gasteiger charge is -2.42. The number of hydrogen-bond acceptors (Lipinski definition) is 5. The van der Waals surface area contributed by atoms with Crippen molar-refractivity contribution in [2.75, 3.05) is 31.1 Å². The normalized spacial score (nSPS) is 17.5. The van der Waals surface area contributed by atoms with Gasteiger partial charge in [-0.3, -0.25) is 4.90 Å². The number of carboxylic acids is 1. The number of piperazine rings is 1. The summed E-state index contributed by atoms with van der Waals surface area (Å²) in [5.41, 5.74) is 0.364.